The molecule has 0 unspecified atom stereocenters. The summed E-state index contributed by atoms with van der Waals surface area (Å²) in [7, 11) is -2.53. The molecule has 4 rings (SSSR count). The standard InChI is InChI=1S/C29H39FN4O7S/c1-20-17-34(21(2)19-35)29(37)25-16-23(31-28(36)10-11-33-12-14-40-15-13-33)6-9-26(25)41-27(20)18-32(3)42(38,39)24-7-4-22(30)5-8-24/h4-9,16,20-21,27,35H,10-15,17-19H2,1-3H3,(H,31,36)/t20-,21-,27+/m0/s1. The number of carbonyl (C=O) groups is 2. The molecule has 0 radical (unpaired) electrons. The van der Waals surface area contributed by atoms with Crippen molar-refractivity contribution in [2.75, 3.05) is 64.9 Å². The van der Waals surface area contributed by atoms with Crippen LogP contribution in [-0.4, -0.2) is 111 Å². The summed E-state index contributed by atoms with van der Waals surface area (Å²) in [6, 6.07) is 8.85. The molecule has 230 valence electrons. The van der Waals surface area contributed by atoms with Crippen molar-refractivity contribution in [3.05, 3.63) is 53.8 Å². The fraction of sp³-hybridized carbons (Fsp3) is 0.517. The predicted octanol–water partition coefficient (Wildman–Crippen LogP) is 2.03. The Kier molecular flexibility index (Phi) is 10.5. The summed E-state index contributed by atoms with van der Waals surface area (Å²) in [6.45, 7) is 6.89. The molecule has 0 aromatic heterocycles. The number of anilines is 1. The Morgan fingerprint density at radius 3 is 2.55 bits per heavy atom. The van der Waals surface area contributed by atoms with Gasteiger partial charge in [-0.2, -0.15) is 4.31 Å². The smallest absolute Gasteiger partial charge is 0.258 e. The third-order valence-electron chi connectivity index (χ3n) is 7.67. The number of halogens is 1. The lowest BCUT2D eigenvalue weighted by Gasteiger charge is -2.38. The maximum Gasteiger partial charge on any atom is 0.258 e. The van der Waals surface area contributed by atoms with E-state index in [1.165, 1.54) is 24.1 Å². The summed E-state index contributed by atoms with van der Waals surface area (Å²) in [5.74, 6) is -1.18. The quantitative estimate of drug-likeness (QED) is 0.421. The van der Waals surface area contributed by atoms with E-state index in [-0.39, 0.29) is 60.1 Å². The Balaban J connectivity index is 1.55. The molecule has 2 aliphatic rings. The topological polar surface area (TPSA) is 129 Å². The zero-order valence-electron chi connectivity index (χ0n) is 24.2. The van der Waals surface area contributed by atoms with Crippen molar-refractivity contribution < 1.29 is 37.0 Å². The second-order valence-corrected chi connectivity index (χ2v) is 12.9. The third-order valence-corrected chi connectivity index (χ3v) is 9.50. The number of amides is 2. The van der Waals surface area contributed by atoms with Gasteiger partial charge in [0.1, 0.15) is 17.7 Å². The van der Waals surface area contributed by atoms with Crippen molar-refractivity contribution >= 4 is 27.5 Å². The summed E-state index contributed by atoms with van der Waals surface area (Å²) in [4.78, 5) is 30.0. The predicted molar refractivity (Wildman–Crippen MR) is 154 cm³/mol. The second kappa shape index (κ2) is 13.9. The van der Waals surface area contributed by atoms with Crippen LogP contribution >= 0.6 is 0 Å². The first kappa shape index (κ1) is 31.8. The fourth-order valence-electron chi connectivity index (χ4n) is 4.96. The van der Waals surface area contributed by atoms with E-state index in [0.717, 1.165) is 29.5 Å². The summed E-state index contributed by atoms with van der Waals surface area (Å²) < 4.78 is 52.6. The molecule has 2 aromatic rings. The largest absolute Gasteiger partial charge is 0.488 e. The van der Waals surface area contributed by atoms with E-state index in [2.05, 4.69) is 10.2 Å². The number of fused-ring (bicyclic) bond motifs is 1. The minimum absolute atomic E-state index is 0.0458. The first-order valence-corrected chi connectivity index (χ1v) is 15.5. The molecule has 2 aliphatic heterocycles. The highest BCUT2D eigenvalue weighted by Gasteiger charge is 2.35. The van der Waals surface area contributed by atoms with Crippen LogP contribution in [-0.2, 0) is 19.6 Å². The van der Waals surface area contributed by atoms with Crippen LogP contribution in [0.25, 0.3) is 0 Å². The normalized spacial score (nSPS) is 20.8. The molecule has 0 spiro atoms. The van der Waals surface area contributed by atoms with Gasteiger partial charge in [0.25, 0.3) is 5.91 Å². The number of hydrogen-bond donors (Lipinski definition) is 2. The SMILES string of the molecule is C[C@H]1CN([C@@H](C)CO)C(=O)c2cc(NC(=O)CCN3CCOCC3)ccc2O[C@@H]1CN(C)S(=O)(=O)c1ccc(F)cc1. The maximum absolute atomic E-state index is 13.7. The van der Waals surface area contributed by atoms with Gasteiger partial charge in [-0.1, -0.05) is 6.92 Å². The number of aliphatic hydroxyl groups excluding tert-OH is 1. The molecule has 42 heavy (non-hydrogen) atoms. The van der Waals surface area contributed by atoms with Crippen molar-refractivity contribution in [2.24, 2.45) is 5.92 Å². The van der Waals surface area contributed by atoms with Gasteiger partial charge in [0.15, 0.2) is 0 Å². The van der Waals surface area contributed by atoms with Crippen LogP contribution in [0.1, 0.15) is 30.6 Å². The van der Waals surface area contributed by atoms with E-state index in [9.17, 15) is 27.5 Å². The van der Waals surface area contributed by atoms with Crippen molar-refractivity contribution in [3.63, 3.8) is 0 Å². The molecular weight excluding hydrogens is 567 g/mol. The molecular formula is C29H39FN4O7S. The van der Waals surface area contributed by atoms with E-state index in [4.69, 9.17) is 9.47 Å². The third kappa shape index (κ3) is 7.64. The van der Waals surface area contributed by atoms with Gasteiger partial charge in [-0.3, -0.25) is 14.5 Å². The van der Waals surface area contributed by atoms with Crippen molar-refractivity contribution in [3.8, 4) is 5.75 Å². The van der Waals surface area contributed by atoms with Crippen molar-refractivity contribution in [1.29, 1.82) is 0 Å². The van der Waals surface area contributed by atoms with Gasteiger partial charge in [-0.05, 0) is 49.4 Å². The monoisotopic (exact) mass is 606 g/mol. The number of morpholine rings is 1. The molecule has 2 aromatic carbocycles. The van der Waals surface area contributed by atoms with Crippen LogP contribution in [0.5, 0.6) is 5.75 Å². The van der Waals surface area contributed by atoms with Crippen LogP contribution in [0.3, 0.4) is 0 Å². The molecule has 0 bridgehead atoms. The maximum atomic E-state index is 13.7. The minimum Gasteiger partial charge on any atom is -0.488 e. The first-order chi connectivity index (χ1) is 20.0. The molecule has 2 N–H and O–H groups in total. The molecule has 1 fully saturated rings. The molecule has 3 atom stereocenters. The molecule has 2 heterocycles. The second-order valence-electron chi connectivity index (χ2n) is 10.8. The lowest BCUT2D eigenvalue weighted by Crippen LogP contribution is -2.50. The Morgan fingerprint density at radius 2 is 1.88 bits per heavy atom. The number of ether oxygens (including phenoxy) is 2. The average Bonchev–Trinajstić information content (AvgIpc) is 2.98. The van der Waals surface area contributed by atoms with Gasteiger partial charge in [-0.25, -0.2) is 12.8 Å². The van der Waals surface area contributed by atoms with Crippen LogP contribution in [0.4, 0.5) is 10.1 Å². The molecule has 0 aliphatic carbocycles. The summed E-state index contributed by atoms with van der Waals surface area (Å²) >= 11 is 0. The Labute approximate surface area is 246 Å². The number of sulfonamides is 1. The summed E-state index contributed by atoms with van der Waals surface area (Å²) in [6.07, 6.45) is -0.386. The lowest BCUT2D eigenvalue weighted by molar-refractivity contribution is -0.116. The highest BCUT2D eigenvalue weighted by molar-refractivity contribution is 7.89. The molecule has 2 amide bonds. The van der Waals surface area contributed by atoms with Crippen molar-refractivity contribution in [1.82, 2.24) is 14.1 Å². The molecule has 11 nitrogen and oxygen atoms in total. The van der Waals surface area contributed by atoms with Gasteiger partial charge in [-0.15, -0.1) is 0 Å². The zero-order chi connectivity index (χ0) is 30.4. The molecule has 13 heteroatoms. The lowest BCUT2D eigenvalue weighted by atomic mass is 9.99. The van der Waals surface area contributed by atoms with Crippen LogP contribution in [0.2, 0.25) is 0 Å². The number of likely N-dealkylation sites (N-methyl/N-ethyl adjacent to an activating group) is 1. The molecule has 0 saturated carbocycles. The van der Waals surface area contributed by atoms with Crippen LogP contribution in [0.15, 0.2) is 47.4 Å². The Morgan fingerprint density at radius 1 is 1.19 bits per heavy atom. The number of carbonyl (C=O) groups excluding carboxylic acids is 2. The minimum atomic E-state index is -3.95. The van der Waals surface area contributed by atoms with E-state index in [1.54, 1.807) is 25.1 Å². The van der Waals surface area contributed by atoms with Gasteiger partial charge in [0.05, 0.1) is 42.9 Å². The first-order valence-electron chi connectivity index (χ1n) is 14.0. The zero-order valence-corrected chi connectivity index (χ0v) is 25.0. The van der Waals surface area contributed by atoms with Gasteiger partial charge in [0, 0.05) is 51.3 Å². The van der Waals surface area contributed by atoms with Crippen LogP contribution in [0, 0.1) is 11.7 Å². The van der Waals surface area contributed by atoms with E-state index < -0.39 is 28.0 Å². The Bertz CT molecular complexity index is 1350. The number of rotatable bonds is 10. The van der Waals surface area contributed by atoms with E-state index in [0.29, 0.717) is 25.4 Å². The van der Waals surface area contributed by atoms with Gasteiger partial charge >= 0.3 is 0 Å². The van der Waals surface area contributed by atoms with E-state index >= 15 is 0 Å². The molecule has 1 saturated heterocycles. The highest BCUT2D eigenvalue weighted by Crippen LogP contribution is 2.31. The van der Waals surface area contributed by atoms with Crippen molar-refractivity contribution in [2.45, 2.75) is 37.3 Å². The highest BCUT2D eigenvalue weighted by atomic mass is 32.2. The van der Waals surface area contributed by atoms with Crippen LogP contribution < -0.4 is 10.1 Å². The number of aliphatic hydroxyl groups is 1. The number of hydrogen-bond acceptors (Lipinski definition) is 8. The summed E-state index contributed by atoms with van der Waals surface area (Å²) in [5, 5.41) is 12.8. The fourth-order valence-corrected chi connectivity index (χ4v) is 6.15. The number of benzene rings is 2. The van der Waals surface area contributed by atoms with Gasteiger partial charge < -0.3 is 24.8 Å². The van der Waals surface area contributed by atoms with E-state index in [1.807, 2.05) is 6.92 Å². The van der Waals surface area contributed by atoms with Gasteiger partial charge in [0.2, 0.25) is 15.9 Å². The summed E-state index contributed by atoms with van der Waals surface area (Å²) in [5.41, 5.74) is 0.623. The Hall–Kier alpha value is -3.10. The number of nitrogens with zero attached hydrogens (tertiary/aromatic N) is 3. The average molecular weight is 607 g/mol. The number of nitrogens with one attached hydrogen (secondary N) is 1.